The Morgan fingerprint density at radius 2 is 1.69 bits per heavy atom. The molecule has 3 rings (SSSR count). The summed E-state index contributed by atoms with van der Waals surface area (Å²) >= 11 is 0. The molecule has 2 saturated heterocycles. The molecular formula is C27H40N4O4. The van der Waals surface area contributed by atoms with Gasteiger partial charge in [-0.1, -0.05) is 27.7 Å². The average molecular weight is 485 g/mol. The van der Waals surface area contributed by atoms with Gasteiger partial charge in [-0.05, 0) is 55.4 Å². The van der Waals surface area contributed by atoms with Gasteiger partial charge in [0.15, 0.2) is 5.78 Å². The van der Waals surface area contributed by atoms with Gasteiger partial charge >= 0.3 is 0 Å². The van der Waals surface area contributed by atoms with Crippen molar-refractivity contribution in [3.8, 4) is 0 Å². The van der Waals surface area contributed by atoms with Gasteiger partial charge in [0.25, 0.3) is 5.91 Å². The van der Waals surface area contributed by atoms with Crippen molar-refractivity contribution in [1.82, 2.24) is 15.1 Å². The van der Waals surface area contributed by atoms with Crippen LogP contribution in [-0.2, 0) is 14.4 Å². The van der Waals surface area contributed by atoms with E-state index in [9.17, 15) is 19.2 Å². The molecule has 0 unspecified atom stereocenters. The minimum Gasteiger partial charge on any atom is -0.378 e. The number of hydrogen-bond donors (Lipinski definition) is 1. The molecule has 3 atom stereocenters. The van der Waals surface area contributed by atoms with E-state index < -0.39 is 12.1 Å². The number of nitrogens with zero attached hydrogens (tertiary/aromatic N) is 3. The lowest BCUT2D eigenvalue weighted by Gasteiger charge is -2.29. The quantitative estimate of drug-likeness (QED) is 0.582. The molecule has 2 aliphatic rings. The molecule has 8 nitrogen and oxygen atoms in total. The van der Waals surface area contributed by atoms with Crippen LogP contribution < -0.4 is 10.2 Å². The highest BCUT2D eigenvalue weighted by Crippen LogP contribution is 2.31. The second-order valence-electron chi connectivity index (χ2n) is 10.8. The third kappa shape index (κ3) is 6.21. The second kappa shape index (κ2) is 11.2. The first-order valence-corrected chi connectivity index (χ1v) is 12.7. The summed E-state index contributed by atoms with van der Waals surface area (Å²) in [6, 6.07) is 5.61. The minimum atomic E-state index is -0.728. The Morgan fingerprint density at radius 1 is 1.03 bits per heavy atom. The van der Waals surface area contributed by atoms with Crippen LogP contribution in [0, 0.1) is 11.8 Å². The number of carbonyl (C=O) groups is 4. The zero-order valence-corrected chi connectivity index (χ0v) is 21.9. The van der Waals surface area contributed by atoms with E-state index >= 15 is 0 Å². The monoisotopic (exact) mass is 484 g/mol. The van der Waals surface area contributed by atoms with Gasteiger partial charge in [-0.15, -0.1) is 0 Å². The first-order valence-electron chi connectivity index (χ1n) is 12.7. The molecule has 0 bridgehead atoms. The number of anilines is 1. The van der Waals surface area contributed by atoms with Gasteiger partial charge in [0.05, 0.1) is 12.6 Å². The second-order valence-corrected chi connectivity index (χ2v) is 10.8. The Hall–Kier alpha value is -2.90. The van der Waals surface area contributed by atoms with Crippen LogP contribution in [-0.4, -0.2) is 78.6 Å². The van der Waals surface area contributed by atoms with Crippen molar-refractivity contribution in [3.05, 3.63) is 29.8 Å². The Morgan fingerprint density at radius 3 is 2.26 bits per heavy atom. The van der Waals surface area contributed by atoms with Crippen molar-refractivity contribution in [2.45, 2.75) is 71.5 Å². The molecule has 0 aliphatic carbocycles. The van der Waals surface area contributed by atoms with E-state index in [1.807, 2.05) is 45.0 Å². The number of fused-ring (bicyclic) bond motifs is 1. The molecule has 35 heavy (non-hydrogen) atoms. The van der Waals surface area contributed by atoms with Gasteiger partial charge in [-0.3, -0.25) is 19.2 Å². The predicted octanol–water partition coefficient (Wildman–Crippen LogP) is 2.71. The summed E-state index contributed by atoms with van der Waals surface area (Å²) in [6.45, 7) is 8.62. The fourth-order valence-electron chi connectivity index (χ4n) is 4.99. The Kier molecular flexibility index (Phi) is 8.56. The van der Waals surface area contributed by atoms with Gasteiger partial charge in [0, 0.05) is 38.3 Å². The first kappa shape index (κ1) is 26.7. The van der Waals surface area contributed by atoms with Crippen molar-refractivity contribution < 1.29 is 19.2 Å². The highest BCUT2D eigenvalue weighted by Gasteiger charge is 2.52. The number of carbonyl (C=O) groups excluding carboxylic acids is 4. The van der Waals surface area contributed by atoms with Crippen molar-refractivity contribution >= 4 is 29.2 Å². The zero-order valence-electron chi connectivity index (χ0n) is 21.9. The standard InChI is InChI=1S/C27H40N4O4/c1-17(2)7-12-24(33)31-16-23(32)25-22(31)13-14-30(25)27(35)21(15-18(3)4)28-26(34)19-8-10-20(11-9-19)29(5)6/h8-11,17-18,21-22,25H,7,12-16H2,1-6H3,(H,28,34)/t21-,22+,25-/m0/s1. The summed E-state index contributed by atoms with van der Waals surface area (Å²) in [5.41, 5.74) is 1.46. The van der Waals surface area contributed by atoms with Crippen molar-refractivity contribution in [2.75, 3.05) is 32.1 Å². The molecule has 0 spiro atoms. The SMILES string of the molecule is CC(C)CCC(=O)N1CC(=O)[C@@H]2[C@H]1CCN2C(=O)[C@H](CC(C)C)NC(=O)c1ccc(N(C)C)cc1. The van der Waals surface area contributed by atoms with E-state index in [1.165, 1.54) is 0 Å². The molecule has 8 heteroatoms. The molecule has 2 aliphatic heterocycles. The lowest BCUT2D eigenvalue weighted by molar-refractivity contribution is -0.138. The van der Waals surface area contributed by atoms with Crippen LogP contribution in [0.2, 0.25) is 0 Å². The zero-order chi connectivity index (χ0) is 25.9. The maximum absolute atomic E-state index is 13.6. The molecule has 1 aromatic carbocycles. The Balaban J connectivity index is 1.72. The normalized spacial score (nSPS) is 20.4. The lowest BCUT2D eigenvalue weighted by Crippen LogP contribution is -2.53. The van der Waals surface area contributed by atoms with Crippen molar-refractivity contribution in [1.29, 1.82) is 0 Å². The van der Waals surface area contributed by atoms with E-state index in [0.717, 1.165) is 12.1 Å². The summed E-state index contributed by atoms with van der Waals surface area (Å²) in [6.07, 6.45) is 2.26. The number of ketones is 1. The van der Waals surface area contributed by atoms with Crippen LogP contribution >= 0.6 is 0 Å². The van der Waals surface area contributed by atoms with Gasteiger partial charge in [0.1, 0.15) is 12.1 Å². The predicted molar refractivity (Wildman–Crippen MR) is 136 cm³/mol. The van der Waals surface area contributed by atoms with Crippen molar-refractivity contribution in [3.63, 3.8) is 0 Å². The van der Waals surface area contributed by atoms with E-state index in [1.54, 1.807) is 21.9 Å². The minimum absolute atomic E-state index is 0.0120. The van der Waals surface area contributed by atoms with Crippen LogP contribution in [0.3, 0.4) is 0 Å². The molecule has 1 N–H and O–H groups in total. The summed E-state index contributed by atoms with van der Waals surface area (Å²) < 4.78 is 0. The summed E-state index contributed by atoms with van der Waals surface area (Å²) in [5.74, 6) is -0.0707. The fourth-order valence-corrected chi connectivity index (χ4v) is 4.99. The molecule has 2 heterocycles. The average Bonchev–Trinajstić information content (AvgIpc) is 3.37. The topological polar surface area (TPSA) is 90.0 Å². The third-order valence-corrected chi connectivity index (χ3v) is 6.92. The summed E-state index contributed by atoms with van der Waals surface area (Å²) in [4.78, 5) is 57.5. The first-order chi connectivity index (χ1) is 16.5. The molecule has 0 aromatic heterocycles. The smallest absolute Gasteiger partial charge is 0.251 e. The summed E-state index contributed by atoms with van der Waals surface area (Å²) in [5, 5.41) is 2.92. The van der Waals surface area contributed by atoms with Crippen LogP contribution in [0.15, 0.2) is 24.3 Å². The highest BCUT2D eigenvalue weighted by molar-refractivity contribution is 6.01. The molecule has 0 saturated carbocycles. The fraction of sp³-hybridized carbons (Fsp3) is 0.630. The molecule has 1 aromatic rings. The van der Waals surface area contributed by atoms with Gasteiger partial charge in [-0.25, -0.2) is 0 Å². The Bertz CT molecular complexity index is 941. The van der Waals surface area contributed by atoms with Crippen LogP contribution in [0.1, 0.15) is 63.7 Å². The third-order valence-electron chi connectivity index (χ3n) is 6.92. The van der Waals surface area contributed by atoms with Crippen LogP contribution in [0.25, 0.3) is 0 Å². The number of benzene rings is 1. The molecule has 3 amide bonds. The molecular weight excluding hydrogens is 444 g/mol. The van der Waals surface area contributed by atoms with E-state index in [4.69, 9.17) is 0 Å². The number of likely N-dealkylation sites (tertiary alicyclic amines) is 2. The number of hydrogen-bond acceptors (Lipinski definition) is 5. The molecule has 2 fully saturated rings. The number of amides is 3. The van der Waals surface area contributed by atoms with Crippen LogP contribution in [0.5, 0.6) is 0 Å². The van der Waals surface area contributed by atoms with E-state index in [0.29, 0.717) is 37.3 Å². The summed E-state index contributed by atoms with van der Waals surface area (Å²) in [7, 11) is 3.86. The lowest BCUT2D eigenvalue weighted by atomic mass is 10.0. The van der Waals surface area contributed by atoms with Crippen LogP contribution in [0.4, 0.5) is 5.69 Å². The molecule has 192 valence electrons. The number of Topliss-reactive ketones (excluding diaryl/α,β-unsaturated/α-hetero) is 1. The van der Waals surface area contributed by atoms with Gasteiger partial charge in [0.2, 0.25) is 11.8 Å². The van der Waals surface area contributed by atoms with Crippen molar-refractivity contribution in [2.24, 2.45) is 11.8 Å². The van der Waals surface area contributed by atoms with Gasteiger partial charge in [-0.2, -0.15) is 0 Å². The number of nitrogens with one attached hydrogen (secondary N) is 1. The largest absolute Gasteiger partial charge is 0.378 e. The maximum Gasteiger partial charge on any atom is 0.251 e. The highest BCUT2D eigenvalue weighted by atomic mass is 16.2. The van der Waals surface area contributed by atoms with E-state index in [-0.39, 0.29) is 42.0 Å². The Labute approximate surface area is 209 Å². The molecule has 0 radical (unpaired) electrons. The van der Waals surface area contributed by atoms with E-state index in [2.05, 4.69) is 19.2 Å². The number of rotatable bonds is 9. The maximum atomic E-state index is 13.6. The van der Waals surface area contributed by atoms with Gasteiger partial charge < -0.3 is 20.0 Å².